The molecule has 182 valence electrons. The number of rotatable bonds is 11. The largest absolute Gasteiger partial charge is 0.494 e. The minimum atomic E-state index is -0.379. The van der Waals surface area contributed by atoms with Crippen LogP contribution in [0.15, 0.2) is 41.4 Å². The fourth-order valence-electron chi connectivity index (χ4n) is 3.41. The molecular formula is C25H30N2O6S. The molecule has 0 saturated carbocycles. The first-order valence-electron chi connectivity index (χ1n) is 10.9. The van der Waals surface area contributed by atoms with Gasteiger partial charge < -0.3 is 28.3 Å². The number of ether oxygens (including phenoxy) is 5. The van der Waals surface area contributed by atoms with Crippen LogP contribution in [0.1, 0.15) is 19.4 Å². The van der Waals surface area contributed by atoms with Crippen LogP contribution in [-0.2, 0) is 16.1 Å². The fraction of sp³-hybridized carbons (Fsp3) is 0.360. The number of fused-ring (bicyclic) bond motifs is 1. The summed E-state index contributed by atoms with van der Waals surface area (Å²) in [6, 6.07) is 9.41. The summed E-state index contributed by atoms with van der Waals surface area (Å²) >= 11 is 1.44. The number of methoxy groups -OCH3 is 3. The van der Waals surface area contributed by atoms with Crippen LogP contribution in [0.5, 0.6) is 23.0 Å². The van der Waals surface area contributed by atoms with E-state index in [-0.39, 0.29) is 5.91 Å². The first-order chi connectivity index (χ1) is 16.5. The van der Waals surface area contributed by atoms with Crippen molar-refractivity contribution in [2.45, 2.75) is 20.4 Å². The van der Waals surface area contributed by atoms with Gasteiger partial charge in [-0.15, -0.1) is 0 Å². The van der Waals surface area contributed by atoms with Gasteiger partial charge in [0.1, 0.15) is 5.75 Å². The second-order valence-electron chi connectivity index (χ2n) is 7.04. The molecule has 2 aromatic carbocycles. The zero-order chi connectivity index (χ0) is 24.5. The molecule has 0 radical (unpaired) electrons. The van der Waals surface area contributed by atoms with Crippen molar-refractivity contribution in [3.63, 3.8) is 0 Å². The van der Waals surface area contributed by atoms with Gasteiger partial charge in [-0.3, -0.25) is 4.79 Å². The minimum absolute atomic E-state index is 0.379. The van der Waals surface area contributed by atoms with E-state index in [0.29, 0.717) is 48.4 Å². The highest BCUT2D eigenvalue weighted by Crippen LogP contribution is 2.38. The monoisotopic (exact) mass is 486 g/mol. The highest BCUT2D eigenvalue weighted by atomic mass is 32.1. The summed E-state index contributed by atoms with van der Waals surface area (Å²) in [5, 5.41) is 0. The number of nitrogens with zero attached hydrogens (tertiary/aromatic N) is 2. The van der Waals surface area contributed by atoms with Crippen LogP contribution >= 0.6 is 11.3 Å². The molecule has 0 aliphatic rings. The predicted molar refractivity (Wildman–Crippen MR) is 133 cm³/mol. The fourth-order valence-corrected chi connectivity index (χ4v) is 4.50. The lowest BCUT2D eigenvalue weighted by Crippen LogP contribution is -2.19. The van der Waals surface area contributed by atoms with Crippen LogP contribution in [0.4, 0.5) is 0 Å². The van der Waals surface area contributed by atoms with Gasteiger partial charge in [0.15, 0.2) is 16.3 Å². The molecular weight excluding hydrogens is 456 g/mol. The van der Waals surface area contributed by atoms with E-state index in [0.717, 1.165) is 21.5 Å². The smallest absolute Gasteiger partial charge is 0.272 e. The Hall–Kier alpha value is -3.30. The van der Waals surface area contributed by atoms with Crippen molar-refractivity contribution in [3.05, 3.63) is 46.8 Å². The molecule has 0 bridgehead atoms. The lowest BCUT2D eigenvalue weighted by atomic mass is 10.1. The standard InChI is InChI=1S/C25H30N2O6S/c1-6-32-13-12-27-19-10-9-18(33-7-2)16-22(19)34-25(27)26-23(28)11-8-17-14-20(29-3)24(31-5)21(15-17)30-4/h8-11,14-16H,6-7,12-13H2,1-5H3/b11-8-,26-25?. The van der Waals surface area contributed by atoms with Gasteiger partial charge in [-0.2, -0.15) is 4.99 Å². The number of amides is 1. The lowest BCUT2D eigenvalue weighted by molar-refractivity contribution is -0.113. The molecule has 9 heteroatoms. The van der Waals surface area contributed by atoms with Crippen molar-refractivity contribution in [1.82, 2.24) is 4.57 Å². The molecule has 0 atom stereocenters. The molecule has 3 aromatic rings. The first kappa shape index (κ1) is 25.3. The van der Waals surface area contributed by atoms with Crippen molar-refractivity contribution in [3.8, 4) is 23.0 Å². The van der Waals surface area contributed by atoms with Crippen LogP contribution in [0, 0.1) is 0 Å². The van der Waals surface area contributed by atoms with Gasteiger partial charge in [0.2, 0.25) is 5.75 Å². The normalized spacial score (nSPS) is 11.9. The topological polar surface area (TPSA) is 80.5 Å². The van der Waals surface area contributed by atoms with E-state index in [2.05, 4.69) is 4.99 Å². The highest BCUT2D eigenvalue weighted by Gasteiger charge is 2.12. The second kappa shape index (κ2) is 12.2. The Morgan fingerprint density at radius 1 is 1.03 bits per heavy atom. The van der Waals surface area contributed by atoms with Gasteiger partial charge in [-0.25, -0.2) is 0 Å². The number of benzene rings is 2. The molecule has 0 fully saturated rings. The molecule has 0 unspecified atom stereocenters. The van der Waals surface area contributed by atoms with Gasteiger partial charge in [0.25, 0.3) is 5.91 Å². The number of aromatic nitrogens is 1. The average molecular weight is 487 g/mol. The summed E-state index contributed by atoms with van der Waals surface area (Å²) < 4.78 is 30.2. The van der Waals surface area contributed by atoms with Gasteiger partial charge in [0.05, 0.1) is 44.8 Å². The van der Waals surface area contributed by atoms with E-state index < -0.39 is 0 Å². The van der Waals surface area contributed by atoms with Crippen LogP contribution in [-0.4, -0.2) is 51.6 Å². The SMILES string of the molecule is CCOCCn1c(=NC(=O)/C=C\c2cc(OC)c(OC)c(OC)c2)sc2cc(OCC)ccc21. The summed E-state index contributed by atoms with van der Waals surface area (Å²) in [7, 11) is 4.64. The van der Waals surface area contributed by atoms with Crippen LogP contribution in [0.2, 0.25) is 0 Å². The van der Waals surface area contributed by atoms with Crippen LogP contribution in [0.3, 0.4) is 0 Å². The number of hydrogen-bond donors (Lipinski definition) is 0. The summed E-state index contributed by atoms with van der Waals surface area (Å²) in [6.45, 7) is 6.22. The Morgan fingerprint density at radius 3 is 2.38 bits per heavy atom. The highest BCUT2D eigenvalue weighted by molar-refractivity contribution is 7.16. The van der Waals surface area contributed by atoms with E-state index in [1.165, 1.54) is 17.4 Å². The Morgan fingerprint density at radius 2 is 1.76 bits per heavy atom. The van der Waals surface area contributed by atoms with Crippen molar-refractivity contribution in [2.75, 3.05) is 41.2 Å². The third-order valence-corrected chi connectivity index (χ3v) is 5.98. The summed E-state index contributed by atoms with van der Waals surface area (Å²) in [4.78, 5) is 17.7. The molecule has 8 nitrogen and oxygen atoms in total. The van der Waals surface area contributed by atoms with Gasteiger partial charge in [0, 0.05) is 19.2 Å². The quantitative estimate of drug-likeness (QED) is 0.297. The summed E-state index contributed by atoms with van der Waals surface area (Å²) in [5.74, 6) is 1.91. The Balaban J connectivity index is 1.95. The molecule has 1 amide bonds. The molecule has 0 spiro atoms. The van der Waals surface area contributed by atoms with Crippen LogP contribution in [0.25, 0.3) is 16.3 Å². The molecule has 1 aromatic heterocycles. The third kappa shape index (κ3) is 5.98. The van der Waals surface area contributed by atoms with Crippen molar-refractivity contribution in [2.24, 2.45) is 4.99 Å². The van der Waals surface area contributed by atoms with Gasteiger partial charge in [-0.1, -0.05) is 11.3 Å². The summed E-state index contributed by atoms with van der Waals surface area (Å²) in [5.41, 5.74) is 1.70. The number of thiazole rings is 1. The number of carbonyl (C=O) groups excluding carboxylic acids is 1. The van der Waals surface area contributed by atoms with E-state index in [4.69, 9.17) is 23.7 Å². The van der Waals surface area contributed by atoms with E-state index in [1.54, 1.807) is 39.5 Å². The molecule has 0 aliphatic carbocycles. The predicted octanol–water partition coefficient (Wildman–Crippen LogP) is 4.30. The zero-order valence-electron chi connectivity index (χ0n) is 20.1. The van der Waals surface area contributed by atoms with Gasteiger partial charge in [-0.05, 0) is 55.8 Å². The van der Waals surface area contributed by atoms with E-state index >= 15 is 0 Å². The first-order valence-corrected chi connectivity index (χ1v) is 11.8. The van der Waals surface area contributed by atoms with Crippen LogP contribution < -0.4 is 23.7 Å². The maximum Gasteiger partial charge on any atom is 0.272 e. The van der Waals surface area contributed by atoms with Crippen molar-refractivity contribution >= 4 is 33.5 Å². The Kier molecular flexibility index (Phi) is 9.12. The molecule has 34 heavy (non-hydrogen) atoms. The Bertz CT molecular complexity index is 1200. The third-order valence-electron chi connectivity index (χ3n) is 4.94. The number of carbonyl (C=O) groups is 1. The van der Waals surface area contributed by atoms with Crippen molar-refractivity contribution < 1.29 is 28.5 Å². The zero-order valence-corrected chi connectivity index (χ0v) is 20.9. The molecule has 0 aliphatic heterocycles. The van der Waals surface area contributed by atoms with Gasteiger partial charge >= 0.3 is 0 Å². The average Bonchev–Trinajstić information content (AvgIpc) is 3.18. The minimum Gasteiger partial charge on any atom is -0.494 e. The number of hydrogen-bond acceptors (Lipinski definition) is 7. The second-order valence-corrected chi connectivity index (χ2v) is 8.05. The lowest BCUT2D eigenvalue weighted by Gasteiger charge is -2.12. The Labute approximate surface area is 203 Å². The molecule has 0 saturated heterocycles. The summed E-state index contributed by atoms with van der Waals surface area (Å²) in [6.07, 6.45) is 3.09. The van der Waals surface area contributed by atoms with E-state index in [1.807, 2.05) is 36.6 Å². The maximum absolute atomic E-state index is 12.7. The van der Waals surface area contributed by atoms with E-state index in [9.17, 15) is 4.79 Å². The maximum atomic E-state index is 12.7. The molecule has 1 heterocycles. The van der Waals surface area contributed by atoms with Crippen molar-refractivity contribution in [1.29, 1.82) is 0 Å². The molecule has 3 rings (SSSR count). The molecule has 0 N–H and O–H groups in total.